The molecule has 0 aliphatic heterocycles. The zero-order valence-electron chi connectivity index (χ0n) is 4.64. The van der Waals surface area contributed by atoms with Gasteiger partial charge in [0.1, 0.15) is 10.1 Å². The van der Waals surface area contributed by atoms with Crippen LogP contribution >= 0.6 is 24.8 Å². The Labute approximate surface area is 67.3 Å². The summed E-state index contributed by atoms with van der Waals surface area (Å²) < 4.78 is 0. The molecule has 0 aromatic heterocycles. The molecule has 0 aromatic carbocycles. The Bertz CT molecular complexity index is 188. The molecule has 0 saturated heterocycles. The van der Waals surface area contributed by atoms with E-state index in [4.69, 9.17) is 10.2 Å². The minimum Gasteiger partial charge on any atom is -0.480 e. The van der Waals surface area contributed by atoms with Crippen molar-refractivity contribution in [2.75, 3.05) is 0 Å². The van der Waals surface area contributed by atoms with Gasteiger partial charge in [-0.1, -0.05) is 12.2 Å². The van der Waals surface area contributed by atoms with E-state index >= 15 is 0 Å². The Morgan fingerprint density at radius 1 is 1.40 bits per heavy atom. The standard InChI is InChI=1S/C4H4O4S2/c5-3(6)1(9)2(10)4(7)8/h1,9H,(H,5,6)(H,7,8). The predicted molar refractivity (Wildman–Crippen MR) is 40.6 cm³/mol. The number of carboxylic acid groups (broad SMARTS) is 2. The minimum absolute atomic E-state index is 0.601. The SMILES string of the molecule is O=C(O)C(=S)C(S)C(=O)O. The molecule has 1 atom stereocenters. The van der Waals surface area contributed by atoms with E-state index in [0.29, 0.717) is 0 Å². The quantitative estimate of drug-likeness (QED) is 0.415. The van der Waals surface area contributed by atoms with Crippen LogP contribution in [0.4, 0.5) is 0 Å². The van der Waals surface area contributed by atoms with Crippen LogP contribution in [0.1, 0.15) is 0 Å². The highest BCUT2D eigenvalue weighted by Crippen LogP contribution is 1.98. The molecule has 2 N–H and O–H groups in total. The maximum absolute atomic E-state index is 10.0. The molecule has 10 heavy (non-hydrogen) atoms. The molecule has 6 heteroatoms. The van der Waals surface area contributed by atoms with Crippen molar-refractivity contribution in [1.29, 1.82) is 0 Å². The van der Waals surface area contributed by atoms with Gasteiger partial charge in [0.2, 0.25) is 0 Å². The van der Waals surface area contributed by atoms with E-state index in [0.717, 1.165) is 0 Å². The lowest BCUT2D eigenvalue weighted by Crippen LogP contribution is -2.28. The van der Waals surface area contributed by atoms with Crippen molar-refractivity contribution in [1.82, 2.24) is 0 Å². The van der Waals surface area contributed by atoms with Gasteiger partial charge in [0.25, 0.3) is 0 Å². The van der Waals surface area contributed by atoms with E-state index in [1.165, 1.54) is 0 Å². The fraction of sp³-hybridized carbons (Fsp3) is 0.250. The van der Waals surface area contributed by atoms with Crippen LogP contribution in [0.25, 0.3) is 0 Å². The van der Waals surface area contributed by atoms with Crippen LogP contribution in [-0.2, 0) is 9.59 Å². The van der Waals surface area contributed by atoms with Gasteiger partial charge < -0.3 is 10.2 Å². The summed E-state index contributed by atoms with van der Waals surface area (Å²) in [5.41, 5.74) is 0. The monoisotopic (exact) mass is 180 g/mol. The number of hydrogen-bond acceptors (Lipinski definition) is 4. The molecule has 0 bridgehead atoms. The van der Waals surface area contributed by atoms with Gasteiger partial charge in [0.15, 0.2) is 0 Å². The van der Waals surface area contributed by atoms with E-state index in [-0.39, 0.29) is 0 Å². The summed E-state index contributed by atoms with van der Waals surface area (Å²) in [4.78, 5) is 19.4. The summed E-state index contributed by atoms with van der Waals surface area (Å²) in [6.07, 6.45) is 0. The number of carboxylic acids is 2. The summed E-state index contributed by atoms with van der Waals surface area (Å²) in [6.45, 7) is 0. The molecule has 0 radical (unpaired) electrons. The van der Waals surface area contributed by atoms with Gasteiger partial charge in [-0.05, 0) is 0 Å². The maximum atomic E-state index is 10.0. The summed E-state index contributed by atoms with van der Waals surface area (Å²) in [5, 5.41) is 14.9. The number of carbonyl (C=O) groups is 2. The smallest absolute Gasteiger partial charge is 0.344 e. The molecule has 0 amide bonds. The first-order valence-electron chi connectivity index (χ1n) is 2.15. The van der Waals surface area contributed by atoms with Gasteiger partial charge in [0, 0.05) is 0 Å². The predicted octanol–water partition coefficient (Wildman–Crippen LogP) is -0.176. The number of hydrogen-bond donors (Lipinski definition) is 3. The molecule has 0 heterocycles. The highest BCUT2D eigenvalue weighted by Gasteiger charge is 2.22. The average molecular weight is 180 g/mol. The Kier molecular flexibility index (Phi) is 3.31. The van der Waals surface area contributed by atoms with Gasteiger partial charge in [-0.3, -0.25) is 4.79 Å². The van der Waals surface area contributed by atoms with Crippen molar-refractivity contribution in [2.24, 2.45) is 0 Å². The first-order valence-corrected chi connectivity index (χ1v) is 3.07. The molecular formula is C4H4O4S2. The third kappa shape index (κ3) is 2.32. The van der Waals surface area contributed by atoms with Crippen LogP contribution in [0.2, 0.25) is 0 Å². The Morgan fingerprint density at radius 3 is 1.90 bits per heavy atom. The van der Waals surface area contributed by atoms with E-state index in [2.05, 4.69) is 24.8 Å². The van der Waals surface area contributed by atoms with Gasteiger partial charge >= 0.3 is 11.9 Å². The third-order valence-electron chi connectivity index (χ3n) is 0.693. The van der Waals surface area contributed by atoms with Gasteiger partial charge in [0.05, 0.1) is 0 Å². The van der Waals surface area contributed by atoms with Crippen LogP contribution < -0.4 is 0 Å². The largest absolute Gasteiger partial charge is 0.480 e. The van der Waals surface area contributed by atoms with Gasteiger partial charge in [-0.2, -0.15) is 12.6 Å². The minimum atomic E-state index is -1.42. The van der Waals surface area contributed by atoms with E-state index < -0.39 is 22.1 Å². The second-order valence-corrected chi connectivity index (χ2v) is 2.37. The molecule has 0 saturated carbocycles. The van der Waals surface area contributed by atoms with Crippen LogP contribution in [0.15, 0.2) is 0 Å². The molecular weight excluding hydrogens is 176 g/mol. The summed E-state index contributed by atoms with van der Waals surface area (Å²) in [6, 6.07) is 0. The molecule has 0 rings (SSSR count). The molecule has 0 fully saturated rings. The number of rotatable bonds is 3. The Hall–Kier alpha value is -0.620. The van der Waals surface area contributed by atoms with E-state index in [1.54, 1.807) is 0 Å². The fourth-order valence-electron chi connectivity index (χ4n) is 0.229. The van der Waals surface area contributed by atoms with Crippen LogP contribution in [0.3, 0.4) is 0 Å². The van der Waals surface area contributed by atoms with Gasteiger partial charge in [-0.15, -0.1) is 0 Å². The second kappa shape index (κ2) is 3.52. The summed E-state index contributed by atoms with van der Waals surface area (Å²) in [5.74, 6) is -2.77. The first-order chi connectivity index (χ1) is 4.46. The fourth-order valence-corrected chi connectivity index (χ4v) is 0.440. The van der Waals surface area contributed by atoms with Crippen molar-refractivity contribution in [3.8, 4) is 0 Å². The number of thiol groups is 1. The molecule has 56 valence electrons. The van der Waals surface area contributed by atoms with Crippen molar-refractivity contribution in [3.05, 3.63) is 0 Å². The number of aliphatic carboxylic acids is 2. The van der Waals surface area contributed by atoms with Crippen molar-refractivity contribution < 1.29 is 19.8 Å². The zero-order valence-corrected chi connectivity index (χ0v) is 6.35. The molecule has 0 aromatic rings. The lowest BCUT2D eigenvalue weighted by Gasteiger charge is -2.00. The normalized spacial score (nSPS) is 12.1. The van der Waals surface area contributed by atoms with E-state index in [9.17, 15) is 9.59 Å². The maximum Gasteiger partial charge on any atom is 0.344 e. The van der Waals surface area contributed by atoms with Crippen molar-refractivity contribution in [3.63, 3.8) is 0 Å². The van der Waals surface area contributed by atoms with Crippen molar-refractivity contribution in [2.45, 2.75) is 5.25 Å². The highest BCUT2D eigenvalue weighted by molar-refractivity contribution is 7.88. The van der Waals surface area contributed by atoms with Crippen LogP contribution in [-0.4, -0.2) is 32.3 Å². The molecule has 1 unspecified atom stereocenters. The molecule has 4 nitrogen and oxygen atoms in total. The van der Waals surface area contributed by atoms with E-state index in [1.807, 2.05) is 0 Å². The molecule has 0 aliphatic rings. The topological polar surface area (TPSA) is 74.6 Å². The lowest BCUT2D eigenvalue weighted by molar-refractivity contribution is -0.136. The third-order valence-corrected chi connectivity index (χ3v) is 1.76. The van der Waals surface area contributed by atoms with Crippen LogP contribution in [0, 0.1) is 0 Å². The Balaban J connectivity index is 4.22. The van der Waals surface area contributed by atoms with Gasteiger partial charge in [-0.25, -0.2) is 4.79 Å². The number of thiocarbonyl (C=S) groups is 1. The first kappa shape index (κ1) is 9.38. The average Bonchev–Trinajstić information content (AvgIpc) is 1.84. The van der Waals surface area contributed by atoms with Crippen LogP contribution in [0.5, 0.6) is 0 Å². The molecule has 0 aliphatic carbocycles. The Morgan fingerprint density at radius 2 is 1.80 bits per heavy atom. The summed E-state index contributed by atoms with van der Waals surface area (Å²) >= 11 is 7.66. The van der Waals surface area contributed by atoms with Crippen molar-refractivity contribution >= 4 is 41.6 Å². The zero-order chi connectivity index (χ0) is 8.31. The second-order valence-electron chi connectivity index (χ2n) is 1.41. The summed E-state index contributed by atoms with van der Waals surface area (Å²) in [7, 11) is 0. The molecule has 0 spiro atoms. The lowest BCUT2D eigenvalue weighted by atomic mass is 10.3. The highest BCUT2D eigenvalue weighted by atomic mass is 32.1.